The maximum absolute atomic E-state index is 12.1. The molecule has 2 aromatic carbocycles. The summed E-state index contributed by atoms with van der Waals surface area (Å²) in [6.45, 7) is 1.76. The van der Waals surface area contributed by atoms with Gasteiger partial charge in [-0.3, -0.25) is 9.35 Å². The van der Waals surface area contributed by atoms with Gasteiger partial charge in [-0.15, -0.1) is 0 Å². The number of halogens is 1. The molecule has 0 aliphatic carbocycles. The van der Waals surface area contributed by atoms with Crippen molar-refractivity contribution in [1.82, 2.24) is 5.48 Å². The third-order valence-electron chi connectivity index (χ3n) is 5.79. The Labute approximate surface area is 249 Å². The first-order valence-corrected chi connectivity index (χ1v) is 17.1. The summed E-state index contributed by atoms with van der Waals surface area (Å²) in [4.78, 5) is 14.1. The molecule has 10 nitrogen and oxygen atoms in total. The van der Waals surface area contributed by atoms with E-state index in [-0.39, 0.29) is 5.75 Å². The molecule has 2 aromatic heterocycles. The Kier molecular flexibility index (Phi) is 8.80. The molecule has 3 heterocycles. The highest BCUT2D eigenvalue weighted by Gasteiger charge is 2.30. The largest absolute Gasteiger partial charge is 0.472 e. The Bertz CT molecular complexity index is 1740. The van der Waals surface area contributed by atoms with E-state index in [1.165, 1.54) is 30.0 Å². The lowest BCUT2D eigenvalue weighted by atomic mass is 10.1. The smallest absolute Gasteiger partial charge is 0.326 e. The molecule has 1 atom stereocenters. The Morgan fingerprint density at radius 3 is 2.80 bits per heavy atom. The van der Waals surface area contributed by atoms with Gasteiger partial charge in [0.1, 0.15) is 4.70 Å². The summed E-state index contributed by atoms with van der Waals surface area (Å²) in [6, 6.07) is 13.5. The number of rotatable bonds is 10. The Hall–Kier alpha value is -2.53. The molecule has 40 heavy (non-hydrogen) atoms. The molecule has 15 heteroatoms. The zero-order chi connectivity index (χ0) is 28.4. The number of carbonyl (C=O) groups excluding carboxylic acids is 1. The third kappa shape index (κ3) is 6.84. The summed E-state index contributed by atoms with van der Waals surface area (Å²) < 4.78 is 59.4. The maximum Gasteiger partial charge on any atom is 0.326 e. The standard InChI is InChI=1S/C25H22BrN3O7S4/c1-16(30)27-36-39(31)10-2-8-28-21-12-19(26)4-6-23(21)37-24(28)13-25-29(15-40(32,33)34)20-11-17(3-5-22(20)38-25)18-7-9-35-14-18/h3-7,9,11-14H,2,8,10,15H2,1H3,(H-,27,30,32,33,34)/p+1. The molecule has 1 unspecified atom stereocenters. The van der Waals surface area contributed by atoms with Crippen molar-refractivity contribution in [3.63, 3.8) is 0 Å². The predicted molar refractivity (Wildman–Crippen MR) is 159 cm³/mol. The van der Waals surface area contributed by atoms with E-state index in [1.54, 1.807) is 17.1 Å². The van der Waals surface area contributed by atoms with Crippen LogP contribution in [0.2, 0.25) is 0 Å². The van der Waals surface area contributed by atoms with E-state index in [0.29, 0.717) is 23.5 Å². The number of furan rings is 1. The highest BCUT2D eigenvalue weighted by molar-refractivity contribution is 9.10. The minimum atomic E-state index is -4.35. The molecule has 4 aromatic rings. The van der Waals surface area contributed by atoms with Crippen LogP contribution in [0.15, 0.2) is 73.8 Å². The number of fused-ring (bicyclic) bond motifs is 2. The van der Waals surface area contributed by atoms with Crippen LogP contribution < -0.4 is 14.9 Å². The molecular weight excluding hydrogens is 662 g/mol. The summed E-state index contributed by atoms with van der Waals surface area (Å²) in [5, 5.41) is 1.47. The molecule has 0 spiro atoms. The van der Waals surface area contributed by atoms with E-state index in [0.717, 1.165) is 35.9 Å². The zero-order valence-electron chi connectivity index (χ0n) is 20.9. The number of hydroxylamine groups is 1. The molecular formula is C25H23BrN3O7S4+. The summed E-state index contributed by atoms with van der Waals surface area (Å²) in [7, 11) is -4.35. The van der Waals surface area contributed by atoms with Crippen molar-refractivity contribution in [3.8, 4) is 11.1 Å². The van der Waals surface area contributed by atoms with Crippen LogP contribution in [0, 0.1) is 0 Å². The van der Waals surface area contributed by atoms with Gasteiger partial charge in [0.15, 0.2) is 11.1 Å². The summed E-state index contributed by atoms with van der Waals surface area (Å²) >= 11 is 4.78. The number of thiazole rings is 1. The number of aromatic nitrogens is 1. The number of nitrogens with one attached hydrogen (secondary N) is 1. The van der Waals surface area contributed by atoms with Gasteiger partial charge in [0.25, 0.3) is 10.9 Å². The molecule has 0 radical (unpaired) electrons. The van der Waals surface area contributed by atoms with Gasteiger partial charge in [-0.1, -0.05) is 45.1 Å². The molecule has 1 aliphatic heterocycles. The molecule has 2 N–H and O–H groups in total. The van der Waals surface area contributed by atoms with Crippen LogP contribution in [0.3, 0.4) is 0 Å². The quantitative estimate of drug-likeness (QED) is 0.133. The van der Waals surface area contributed by atoms with Gasteiger partial charge in [0, 0.05) is 34.5 Å². The van der Waals surface area contributed by atoms with Crippen LogP contribution in [0.1, 0.15) is 18.4 Å². The number of thioether (sulfide) groups is 1. The van der Waals surface area contributed by atoms with Crippen LogP contribution in [0.5, 0.6) is 0 Å². The summed E-state index contributed by atoms with van der Waals surface area (Å²) in [5.41, 5.74) is 5.40. The molecule has 0 fully saturated rings. The number of hydrogen-bond donors (Lipinski definition) is 2. The van der Waals surface area contributed by atoms with Crippen LogP contribution >= 0.6 is 39.0 Å². The van der Waals surface area contributed by atoms with E-state index >= 15 is 0 Å². The molecule has 0 saturated heterocycles. The molecule has 210 valence electrons. The fourth-order valence-electron chi connectivity index (χ4n) is 4.12. The van der Waals surface area contributed by atoms with Crippen LogP contribution in [0.25, 0.3) is 27.4 Å². The van der Waals surface area contributed by atoms with Crippen molar-refractivity contribution < 1.29 is 35.2 Å². The van der Waals surface area contributed by atoms with Crippen LogP contribution in [-0.2, 0) is 36.2 Å². The van der Waals surface area contributed by atoms with E-state index < -0.39 is 33.0 Å². The number of benzene rings is 2. The zero-order valence-corrected chi connectivity index (χ0v) is 25.8. The molecule has 5 rings (SSSR count). The van der Waals surface area contributed by atoms with Gasteiger partial charge < -0.3 is 9.32 Å². The first-order valence-electron chi connectivity index (χ1n) is 11.8. The molecule has 0 bridgehead atoms. The SMILES string of the molecule is CC(=O)NOS(=O)CCCN1C(=Cc2sc3ccc(-c4ccoc4)cc3[n+]2CS(=O)(=O)O)Sc2ccc(Br)cc21. The molecule has 1 amide bonds. The Balaban J connectivity index is 1.51. The maximum atomic E-state index is 12.1. The number of nitrogens with zero attached hydrogens (tertiary/aromatic N) is 2. The van der Waals surface area contributed by atoms with E-state index in [1.807, 2.05) is 48.5 Å². The van der Waals surface area contributed by atoms with E-state index in [4.69, 9.17) is 8.70 Å². The van der Waals surface area contributed by atoms with Gasteiger partial charge in [-0.2, -0.15) is 17.3 Å². The van der Waals surface area contributed by atoms with Gasteiger partial charge in [0.2, 0.25) is 11.4 Å². The first-order chi connectivity index (χ1) is 19.1. The Morgan fingerprint density at radius 1 is 1.25 bits per heavy atom. The van der Waals surface area contributed by atoms with Crippen LogP contribution in [-0.4, -0.2) is 35.4 Å². The van der Waals surface area contributed by atoms with Crippen LogP contribution in [0.4, 0.5) is 5.69 Å². The number of hydrogen-bond acceptors (Lipinski definition) is 9. The lowest BCUT2D eigenvalue weighted by Crippen LogP contribution is -2.39. The van der Waals surface area contributed by atoms with Crippen molar-refractivity contribution in [2.75, 3.05) is 17.2 Å². The second-order valence-electron chi connectivity index (χ2n) is 8.73. The van der Waals surface area contributed by atoms with Gasteiger partial charge in [-0.05, 0) is 42.3 Å². The normalized spacial score (nSPS) is 15.1. The van der Waals surface area contributed by atoms with Gasteiger partial charge in [-0.25, -0.2) is 9.69 Å². The fourth-order valence-corrected chi connectivity index (χ4v) is 8.07. The number of carbonyl (C=O) groups is 1. The third-order valence-corrected chi connectivity index (χ3v) is 9.98. The van der Waals surface area contributed by atoms with Crippen molar-refractivity contribution >= 4 is 88.1 Å². The van der Waals surface area contributed by atoms with E-state index in [2.05, 4.69) is 26.3 Å². The second kappa shape index (κ2) is 12.1. The summed E-state index contributed by atoms with van der Waals surface area (Å²) in [5.74, 6) is -0.851. The van der Waals surface area contributed by atoms with Gasteiger partial charge in [0.05, 0.1) is 35.1 Å². The van der Waals surface area contributed by atoms with Crippen molar-refractivity contribution in [1.29, 1.82) is 0 Å². The van der Waals surface area contributed by atoms with Crippen molar-refractivity contribution in [2.45, 2.75) is 24.1 Å². The lowest BCUT2D eigenvalue weighted by Gasteiger charge is -2.20. The summed E-state index contributed by atoms with van der Waals surface area (Å²) in [6.07, 6.45) is 5.57. The average Bonchev–Trinajstić information content (AvgIpc) is 3.61. The second-order valence-corrected chi connectivity index (χ2v) is 14.4. The lowest BCUT2D eigenvalue weighted by molar-refractivity contribution is -0.649. The molecule has 1 aliphatic rings. The minimum absolute atomic E-state index is 0.195. The Morgan fingerprint density at radius 2 is 2.08 bits per heavy atom. The predicted octanol–water partition coefficient (Wildman–Crippen LogP) is 5.09. The van der Waals surface area contributed by atoms with Gasteiger partial charge >= 0.3 is 10.1 Å². The monoisotopic (exact) mass is 684 g/mol. The topological polar surface area (TPSA) is 130 Å². The number of anilines is 1. The van der Waals surface area contributed by atoms with Crippen molar-refractivity contribution in [3.05, 3.63) is 69.5 Å². The van der Waals surface area contributed by atoms with E-state index in [9.17, 15) is 22.0 Å². The minimum Gasteiger partial charge on any atom is -0.472 e. The van der Waals surface area contributed by atoms with Crippen molar-refractivity contribution in [2.24, 2.45) is 0 Å². The highest BCUT2D eigenvalue weighted by atomic mass is 79.9. The fraction of sp³-hybridized carbons (Fsp3) is 0.200. The highest BCUT2D eigenvalue weighted by Crippen LogP contribution is 2.48. The molecule has 0 saturated carbocycles. The average molecular weight is 686 g/mol. The first kappa shape index (κ1) is 29.0. The number of amides is 1.